The number of carboxylic acids is 2. The fourth-order valence-electron chi connectivity index (χ4n) is 3.97. The van der Waals surface area contributed by atoms with Gasteiger partial charge in [-0.2, -0.15) is 13.2 Å². The number of amides is 2. The van der Waals surface area contributed by atoms with Crippen molar-refractivity contribution in [3.8, 4) is 0 Å². The van der Waals surface area contributed by atoms with Crippen LogP contribution >= 0.6 is 11.8 Å². The number of carbonyl (C=O) groups is 4. The van der Waals surface area contributed by atoms with Crippen molar-refractivity contribution < 1.29 is 42.6 Å². The Kier molecular flexibility index (Phi) is 8.96. The van der Waals surface area contributed by atoms with Gasteiger partial charge in [0.25, 0.3) is 5.91 Å². The molecule has 0 radical (unpaired) electrons. The summed E-state index contributed by atoms with van der Waals surface area (Å²) in [7, 11) is 0. The molecule has 4 rings (SSSR count). The maximum atomic E-state index is 13.5. The number of alkyl halides is 3. The Hall–Kier alpha value is -5.10. The smallest absolute Gasteiger partial charge is 0.418 e. The zero-order valence-electron chi connectivity index (χ0n) is 21.4. The molecule has 4 aromatic rings. The first kappa shape index (κ1) is 29.9. The summed E-state index contributed by atoms with van der Waals surface area (Å²) >= 11 is 1.03. The standard InChI is InChI=1S/C30H21F3N2O6S/c31-30(32,33)23-11-4-5-12-24(23)35-27(37)25(17-7-2-1-3-8-17)42-20-10-6-9-19(16-20)34-26(36)21-14-13-18(28(38)39)15-22(21)29(40)41/h1-16,25H,(H,34,36)(H,35,37)(H,38,39)(H,40,41). The molecule has 0 saturated heterocycles. The van der Waals surface area contributed by atoms with Crippen molar-refractivity contribution in [2.45, 2.75) is 16.3 Å². The van der Waals surface area contributed by atoms with Crippen LogP contribution < -0.4 is 10.6 Å². The third kappa shape index (κ3) is 7.15. The normalized spacial score (nSPS) is 11.8. The van der Waals surface area contributed by atoms with Gasteiger partial charge >= 0.3 is 18.1 Å². The summed E-state index contributed by atoms with van der Waals surface area (Å²) in [6.45, 7) is 0. The van der Waals surface area contributed by atoms with Crippen LogP contribution in [0.4, 0.5) is 24.5 Å². The molecule has 1 unspecified atom stereocenters. The summed E-state index contributed by atoms with van der Waals surface area (Å²) in [5, 5.41) is 22.6. The second-order valence-electron chi connectivity index (χ2n) is 8.79. The summed E-state index contributed by atoms with van der Waals surface area (Å²) in [5.74, 6) is -4.36. The summed E-state index contributed by atoms with van der Waals surface area (Å²) in [5.41, 5.74) is -1.70. The lowest BCUT2D eigenvalue weighted by Crippen LogP contribution is -2.21. The quantitative estimate of drug-likeness (QED) is 0.156. The number of thioether (sulfide) groups is 1. The van der Waals surface area contributed by atoms with E-state index in [1.165, 1.54) is 24.3 Å². The molecule has 0 bridgehead atoms. The van der Waals surface area contributed by atoms with Crippen LogP contribution in [0.2, 0.25) is 0 Å². The van der Waals surface area contributed by atoms with Gasteiger partial charge in [0.15, 0.2) is 0 Å². The summed E-state index contributed by atoms with van der Waals surface area (Å²) in [4.78, 5) is 49.6. The van der Waals surface area contributed by atoms with E-state index in [-0.39, 0.29) is 22.5 Å². The molecule has 4 aromatic carbocycles. The van der Waals surface area contributed by atoms with Gasteiger partial charge in [-0.3, -0.25) is 9.59 Å². The van der Waals surface area contributed by atoms with Crippen molar-refractivity contribution >= 4 is 46.9 Å². The van der Waals surface area contributed by atoms with Gasteiger partial charge in [-0.15, -0.1) is 11.8 Å². The van der Waals surface area contributed by atoms with E-state index in [1.54, 1.807) is 42.5 Å². The first-order valence-corrected chi connectivity index (χ1v) is 13.0. The molecule has 12 heteroatoms. The zero-order valence-corrected chi connectivity index (χ0v) is 22.2. The molecule has 214 valence electrons. The Morgan fingerprint density at radius 1 is 0.714 bits per heavy atom. The van der Waals surface area contributed by atoms with Gasteiger partial charge in [-0.05, 0) is 54.1 Å². The van der Waals surface area contributed by atoms with Crippen LogP contribution in [-0.4, -0.2) is 34.0 Å². The second-order valence-corrected chi connectivity index (χ2v) is 9.97. The molecule has 1 atom stereocenters. The van der Waals surface area contributed by atoms with Gasteiger partial charge in [0.05, 0.1) is 27.9 Å². The Morgan fingerprint density at radius 3 is 2.07 bits per heavy atom. The van der Waals surface area contributed by atoms with Gasteiger partial charge in [-0.1, -0.05) is 48.5 Å². The van der Waals surface area contributed by atoms with Crippen molar-refractivity contribution in [1.82, 2.24) is 0 Å². The number of anilines is 2. The molecule has 0 heterocycles. The number of para-hydroxylation sites is 1. The van der Waals surface area contributed by atoms with Gasteiger partial charge in [0.2, 0.25) is 5.91 Å². The highest BCUT2D eigenvalue weighted by molar-refractivity contribution is 8.00. The number of halogens is 3. The van der Waals surface area contributed by atoms with Crippen LogP contribution in [0.1, 0.15) is 47.5 Å². The lowest BCUT2D eigenvalue weighted by molar-refractivity contribution is -0.137. The summed E-state index contributed by atoms with van der Waals surface area (Å²) in [6.07, 6.45) is -4.68. The van der Waals surface area contributed by atoms with Crippen molar-refractivity contribution in [3.05, 3.63) is 125 Å². The number of hydrogen-bond donors (Lipinski definition) is 4. The minimum absolute atomic E-state index is 0.235. The Balaban J connectivity index is 1.59. The third-order valence-corrected chi connectivity index (χ3v) is 7.17. The predicted octanol–water partition coefficient (Wildman–Crippen LogP) is 6.83. The molecule has 42 heavy (non-hydrogen) atoms. The van der Waals surface area contributed by atoms with E-state index in [0.29, 0.717) is 10.5 Å². The molecule has 0 saturated carbocycles. The zero-order chi connectivity index (χ0) is 30.4. The number of aromatic carboxylic acids is 2. The molecule has 0 aliphatic heterocycles. The van der Waals surface area contributed by atoms with Gasteiger partial charge in [-0.25, -0.2) is 9.59 Å². The minimum Gasteiger partial charge on any atom is -0.478 e. The third-order valence-electron chi connectivity index (χ3n) is 5.92. The number of hydrogen-bond acceptors (Lipinski definition) is 5. The first-order chi connectivity index (χ1) is 19.9. The molecule has 0 aromatic heterocycles. The highest BCUT2D eigenvalue weighted by Crippen LogP contribution is 2.39. The van der Waals surface area contributed by atoms with E-state index >= 15 is 0 Å². The SMILES string of the molecule is O=C(O)c1ccc(C(=O)Nc2cccc(SC(C(=O)Nc3ccccc3C(F)(F)F)c3ccccc3)c2)c(C(=O)O)c1. The van der Waals surface area contributed by atoms with E-state index in [9.17, 15) is 37.5 Å². The maximum Gasteiger partial charge on any atom is 0.418 e. The molecule has 2 amide bonds. The molecular formula is C30H21F3N2O6S. The number of benzene rings is 4. The highest BCUT2D eigenvalue weighted by Gasteiger charge is 2.34. The fourth-order valence-corrected chi connectivity index (χ4v) is 5.06. The van der Waals surface area contributed by atoms with Crippen molar-refractivity contribution in [2.75, 3.05) is 10.6 Å². The van der Waals surface area contributed by atoms with Crippen LogP contribution in [0.15, 0.2) is 102 Å². The first-order valence-electron chi connectivity index (χ1n) is 12.1. The number of carboxylic acid groups (broad SMARTS) is 2. The number of nitrogens with one attached hydrogen (secondary N) is 2. The molecule has 4 N–H and O–H groups in total. The van der Waals surface area contributed by atoms with Gasteiger partial charge in [0, 0.05) is 10.6 Å². The topological polar surface area (TPSA) is 133 Å². The van der Waals surface area contributed by atoms with Crippen LogP contribution in [-0.2, 0) is 11.0 Å². The largest absolute Gasteiger partial charge is 0.478 e. The van der Waals surface area contributed by atoms with Crippen molar-refractivity contribution in [3.63, 3.8) is 0 Å². The van der Waals surface area contributed by atoms with Crippen LogP contribution in [0.25, 0.3) is 0 Å². The van der Waals surface area contributed by atoms with Crippen LogP contribution in [0.3, 0.4) is 0 Å². The summed E-state index contributed by atoms with van der Waals surface area (Å²) < 4.78 is 40.5. The Labute approximate surface area is 241 Å². The Bertz CT molecular complexity index is 1660. The van der Waals surface area contributed by atoms with E-state index in [2.05, 4.69) is 10.6 Å². The van der Waals surface area contributed by atoms with E-state index in [0.717, 1.165) is 42.1 Å². The average molecular weight is 595 g/mol. The van der Waals surface area contributed by atoms with Crippen LogP contribution in [0, 0.1) is 0 Å². The monoisotopic (exact) mass is 594 g/mol. The molecule has 0 spiro atoms. The fraction of sp³-hybridized carbons (Fsp3) is 0.0667. The van der Waals surface area contributed by atoms with Gasteiger partial charge in [0.1, 0.15) is 5.25 Å². The summed E-state index contributed by atoms with van der Waals surface area (Å²) in [6, 6.07) is 22.4. The molecular weight excluding hydrogens is 573 g/mol. The molecule has 0 aliphatic rings. The van der Waals surface area contributed by atoms with Gasteiger partial charge < -0.3 is 20.8 Å². The van der Waals surface area contributed by atoms with Crippen LogP contribution in [0.5, 0.6) is 0 Å². The minimum atomic E-state index is -4.68. The van der Waals surface area contributed by atoms with E-state index in [1.807, 2.05) is 0 Å². The van der Waals surface area contributed by atoms with Crippen molar-refractivity contribution in [1.29, 1.82) is 0 Å². The molecule has 0 aliphatic carbocycles. The lowest BCUT2D eigenvalue weighted by atomic mass is 10.0. The maximum absolute atomic E-state index is 13.5. The average Bonchev–Trinajstić information content (AvgIpc) is 2.95. The van der Waals surface area contributed by atoms with E-state index in [4.69, 9.17) is 5.11 Å². The number of carbonyl (C=O) groups excluding carboxylic acids is 2. The second kappa shape index (κ2) is 12.6. The lowest BCUT2D eigenvalue weighted by Gasteiger charge is -2.19. The highest BCUT2D eigenvalue weighted by atomic mass is 32.2. The Morgan fingerprint density at radius 2 is 1.40 bits per heavy atom. The van der Waals surface area contributed by atoms with E-state index < -0.39 is 46.3 Å². The number of rotatable bonds is 9. The predicted molar refractivity (Wildman–Crippen MR) is 150 cm³/mol. The molecule has 8 nitrogen and oxygen atoms in total. The molecule has 0 fully saturated rings. The van der Waals surface area contributed by atoms with Crippen molar-refractivity contribution in [2.24, 2.45) is 0 Å².